The Bertz CT molecular complexity index is 116. The molecule has 0 amide bonds. The highest BCUT2D eigenvalue weighted by molar-refractivity contribution is 6.73. The summed E-state index contributed by atoms with van der Waals surface area (Å²) in [5, 5.41) is 0. The van der Waals surface area contributed by atoms with Gasteiger partial charge >= 0.3 is 0 Å². The largest absolute Gasteiger partial charge is 0.420 e. The molecule has 0 bridgehead atoms. The molecule has 13 heavy (non-hydrogen) atoms. The van der Waals surface area contributed by atoms with Crippen LogP contribution in [0, 0.1) is 11.8 Å². The zero-order chi connectivity index (χ0) is 10.5. The number of hydrogen-bond donors (Lipinski definition) is 0. The van der Waals surface area contributed by atoms with Gasteiger partial charge in [-0.3, -0.25) is 0 Å². The molecule has 0 aromatic heterocycles. The molecule has 0 heterocycles. The van der Waals surface area contributed by atoms with Gasteiger partial charge in [0.2, 0.25) is 0 Å². The quantitative estimate of drug-likeness (QED) is 0.593. The van der Waals surface area contributed by atoms with E-state index in [1.54, 1.807) is 0 Å². The highest BCUT2D eigenvalue weighted by Gasteiger charge is 2.33. The molecule has 0 rings (SSSR count). The second-order valence-electron chi connectivity index (χ2n) is 4.94. The zero-order valence-corrected chi connectivity index (χ0v) is 11.2. The smallest absolute Gasteiger partial charge is 0.192 e. The molecule has 0 aromatic carbocycles. The molecule has 0 atom stereocenters. The van der Waals surface area contributed by atoms with Gasteiger partial charge in [-0.05, 0) is 30.0 Å². The van der Waals surface area contributed by atoms with Gasteiger partial charge in [-0.25, -0.2) is 0 Å². The van der Waals surface area contributed by atoms with E-state index in [4.69, 9.17) is 4.43 Å². The Labute approximate surface area is 85.0 Å². The van der Waals surface area contributed by atoms with Crippen LogP contribution >= 0.6 is 0 Å². The fraction of sp³-hybridized carbons (Fsp3) is 1.00. The van der Waals surface area contributed by atoms with Crippen molar-refractivity contribution >= 4 is 8.32 Å². The molecule has 0 N–H and O–H groups in total. The molecule has 0 fully saturated rings. The van der Waals surface area contributed by atoms with Gasteiger partial charge in [-0.15, -0.1) is 0 Å². The molecule has 0 aliphatic carbocycles. The molecule has 0 saturated carbocycles. The Hall–Kier alpha value is 0.177. The second kappa shape index (κ2) is 5.81. The van der Waals surface area contributed by atoms with Gasteiger partial charge in [-0.1, -0.05) is 34.6 Å². The Kier molecular flexibility index (Phi) is 5.89. The van der Waals surface area contributed by atoms with Crippen molar-refractivity contribution in [3.8, 4) is 0 Å². The first-order valence-corrected chi connectivity index (χ1v) is 8.04. The summed E-state index contributed by atoms with van der Waals surface area (Å²) in [7, 11) is 0.548. The van der Waals surface area contributed by atoms with E-state index < -0.39 is 8.32 Å². The molecule has 0 aliphatic rings. The van der Waals surface area contributed by atoms with Crippen LogP contribution in [0.3, 0.4) is 0 Å². The van der Waals surface area contributed by atoms with E-state index in [2.05, 4.69) is 34.6 Å². The number of rotatable bonds is 6. The van der Waals surface area contributed by atoms with Crippen molar-refractivity contribution in [2.24, 2.45) is 11.8 Å². The maximum atomic E-state index is 5.85. The maximum absolute atomic E-state index is 5.85. The first-order chi connectivity index (χ1) is 5.95. The Balaban J connectivity index is 4.30. The van der Waals surface area contributed by atoms with Crippen LogP contribution in [-0.4, -0.2) is 15.4 Å². The molecule has 80 valence electrons. The fourth-order valence-electron chi connectivity index (χ4n) is 2.17. The summed E-state index contributed by atoms with van der Waals surface area (Å²) >= 11 is 0. The van der Waals surface area contributed by atoms with E-state index in [-0.39, 0.29) is 0 Å². The lowest BCUT2D eigenvalue weighted by atomic mass is 10.3. The minimum atomic E-state index is -1.37. The molecule has 0 saturated heterocycles. The third kappa shape index (κ3) is 4.82. The lowest BCUT2D eigenvalue weighted by Crippen LogP contribution is -2.38. The van der Waals surface area contributed by atoms with Crippen LogP contribution in [0.5, 0.6) is 0 Å². The van der Waals surface area contributed by atoms with Crippen LogP contribution in [0.4, 0.5) is 0 Å². The molecular formula is C11H26OSi. The first kappa shape index (κ1) is 13.2. The standard InChI is InChI=1S/C11H26OSi/c1-7-13(12-6,8-10(2)3)9-11(4)5/h10-11H,7-9H2,1-6H3. The summed E-state index contributed by atoms with van der Waals surface area (Å²) in [4.78, 5) is 0. The third-order valence-corrected chi connectivity index (χ3v) is 7.91. The van der Waals surface area contributed by atoms with Crippen molar-refractivity contribution in [1.82, 2.24) is 0 Å². The lowest BCUT2D eigenvalue weighted by Gasteiger charge is -2.31. The van der Waals surface area contributed by atoms with Crippen LogP contribution in [0.2, 0.25) is 18.1 Å². The molecule has 0 radical (unpaired) electrons. The summed E-state index contributed by atoms with van der Waals surface area (Å²) < 4.78 is 5.85. The minimum absolute atomic E-state index is 0.783. The third-order valence-electron chi connectivity index (χ3n) is 2.64. The first-order valence-electron chi connectivity index (χ1n) is 5.51. The Morgan fingerprint density at radius 1 is 1.00 bits per heavy atom. The van der Waals surface area contributed by atoms with Crippen LogP contribution in [0.25, 0.3) is 0 Å². The summed E-state index contributed by atoms with van der Waals surface area (Å²) in [6.45, 7) is 11.5. The summed E-state index contributed by atoms with van der Waals surface area (Å²) in [5.74, 6) is 1.57. The van der Waals surface area contributed by atoms with Gasteiger partial charge < -0.3 is 4.43 Å². The molecular weight excluding hydrogens is 176 g/mol. The fourth-order valence-corrected chi connectivity index (χ4v) is 6.51. The van der Waals surface area contributed by atoms with Crippen molar-refractivity contribution in [2.45, 2.75) is 52.8 Å². The lowest BCUT2D eigenvalue weighted by molar-refractivity contribution is 0.375. The highest BCUT2D eigenvalue weighted by atomic mass is 28.4. The second-order valence-corrected chi connectivity index (χ2v) is 9.23. The molecule has 0 unspecified atom stereocenters. The van der Waals surface area contributed by atoms with Gasteiger partial charge in [0.1, 0.15) is 0 Å². The number of hydrogen-bond acceptors (Lipinski definition) is 1. The van der Waals surface area contributed by atoms with Crippen molar-refractivity contribution in [2.75, 3.05) is 7.11 Å². The molecule has 0 aliphatic heterocycles. The Morgan fingerprint density at radius 3 is 1.54 bits per heavy atom. The van der Waals surface area contributed by atoms with E-state index >= 15 is 0 Å². The van der Waals surface area contributed by atoms with E-state index in [1.165, 1.54) is 18.1 Å². The normalized spacial score (nSPS) is 12.9. The van der Waals surface area contributed by atoms with Gasteiger partial charge in [0.15, 0.2) is 8.32 Å². The van der Waals surface area contributed by atoms with Crippen molar-refractivity contribution in [3.63, 3.8) is 0 Å². The van der Waals surface area contributed by atoms with Crippen LogP contribution in [-0.2, 0) is 4.43 Å². The predicted molar refractivity (Wildman–Crippen MR) is 62.5 cm³/mol. The van der Waals surface area contributed by atoms with E-state index in [1.807, 2.05) is 7.11 Å². The van der Waals surface area contributed by atoms with E-state index in [0.29, 0.717) is 0 Å². The maximum Gasteiger partial charge on any atom is 0.192 e. The zero-order valence-electron chi connectivity index (χ0n) is 10.2. The van der Waals surface area contributed by atoms with Crippen molar-refractivity contribution < 1.29 is 4.43 Å². The van der Waals surface area contributed by atoms with E-state index in [0.717, 1.165) is 11.8 Å². The topological polar surface area (TPSA) is 9.23 Å². The van der Waals surface area contributed by atoms with Gasteiger partial charge in [0, 0.05) is 7.11 Å². The van der Waals surface area contributed by atoms with Crippen LogP contribution < -0.4 is 0 Å². The SMILES string of the molecule is CC[Si](CC(C)C)(CC(C)C)OC. The van der Waals surface area contributed by atoms with Crippen LogP contribution in [0.1, 0.15) is 34.6 Å². The predicted octanol–water partition coefficient (Wildman–Crippen LogP) is 3.91. The van der Waals surface area contributed by atoms with Gasteiger partial charge in [-0.2, -0.15) is 0 Å². The summed E-state index contributed by atoms with van der Waals surface area (Å²) in [6.07, 6.45) is 0. The Morgan fingerprint density at radius 2 is 1.38 bits per heavy atom. The van der Waals surface area contributed by atoms with Gasteiger partial charge in [0.05, 0.1) is 0 Å². The van der Waals surface area contributed by atoms with Crippen molar-refractivity contribution in [3.05, 3.63) is 0 Å². The van der Waals surface area contributed by atoms with Crippen molar-refractivity contribution in [1.29, 1.82) is 0 Å². The average molecular weight is 202 g/mol. The molecule has 1 nitrogen and oxygen atoms in total. The molecule has 0 spiro atoms. The van der Waals surface area contributed by atoms with E-state index in [9.17, 15) is 0 Å². The summed E-state index contributed by atoms with van der Waals surface area (Å²) in [6, 6.07) is 3.90. The molecule has 0 aromatic rings. The molecule has 2 heteroatoms. The minimum Gasteiger partial charge on any atom is -0.420 e. The monoisotopic (exact) mass is 202 g/mol. The average Bonchev–Trinajstić information content (AvgIpc) is 2.01. The van der Waals surface area contributed by atoms with Crippen LogP contribution in [0.15, 0.2) is 0 Å². The van der Waals surface area contributed by atoms with Gasteiger partial charge in [0.25, 0.3) is 0 Å². The summed E-state index contributed by atoms with van der Waals surface area (Å²) in [5.41, 5.74) is 0. The highest BCUT2D eigenvalue weighted by Crippen LogP contribution is 2.29.